The molecule has 0 aromatic carbocycles. The summed E-state index contributed by atoms with van der Waals surface area (Å²) < 4.78 is 5.13. The summed E-state index contributed by atoms with van der Waals surface area (Å²) in [6.45, 7) is 2.14. The van der Waals surface area contributed by atoms with E-state index in [4.69, 9.17) is 16.3 Å². The molecule has 1 aliphatic rings. The first-order valence-corrected chi connectivity index (χ1v) is 6.18. The van der Waals surface area contributed by atoms with E-state index in [9.17, 15) is 0 Å². The normalized spacial score (nSPS) is 20.9. The van der Waals surface area contributed by atoms with Gasteiger partial charge in [0.15, 0.2) is 0 Å². The van der Waals surface area contributed by atoms with Crippen molar-refractivity contribution < 1.29 is 4.74 Å². The molecule has 0 bridgehead atoms. The highest BCUT2D eigenvalue weighted by atomic mass is 35.5. The fourth-order valence-corrected chi connectivity index (χ4v) is 2.38. The van der Waals surface area contributed by atoms with Gasteiger partial charge in [-0.3, -0.25) is 0 Å². The van der Waals surface area contributed by atoms with Gasteiger partial charge in [0.25, 0.3) is 0 Å². The monoisotopic (exact) mass is 240 g/mol. The lowest BCUT2D eigenvalue weighted by Gasteiger charge is -2.33. The molecule has 0 spiro atoms. The smallest absolute Gasteiger partial charge is 0.214 e. The van der Waals surface area contributed by atoms with Gasteiger partial charge < -0.3 is 9.64 Å². The van der Waals surface area contributed by atoms with E-state index in [-0.39, 0.29) is 0 Å². The first-order chi connectivity index (χ1) is 7.83. The lowest BCUT2D eigenvalue weighted by atomic mass is 10.00. The zero-order valence-corrected chi connectivity index (χ0v) is 10.3. The molecule has 3 nitrogen and oxygen atoms in total. The predicted molar refractivity (Wildman–Crippen MR) is 66.4 cm³/mol. The molecule has 1 aromatic heterocycles. The first kappa shape index (κ1) is 11.5. The van der Waals surface area contributed by atoms with Crippen molar-refractivity contribution in [2.75, 3.05) is 31.0 Å². The predicted octanol–water partition coefficient (Wildman–Crippen LogP) is 2.55. The summed E-state index contributed by atoms with van der Waals surface area (Å²) in [5, 5.41) is 0. The number of pyridine rings is 1. The maximum absolute atomic E-state index is 5.93. The van der Waals surface area contributed by atoms with Crippen molar-refractivity contribution in [1.82, 2.24) is 4.98 Å². The van der Waals surface area contributed by atoms with Crippen LogP contribution in [0.4, 0.5) is 5.69 Å². The number of hydrogen-bond acceptors (Lipinski definition) is 3. The van der Waals surface area contributed by atoms with E-state index in [1.165, 1.54) is 18.5 Å². The van der Waals surface area contributed by atoms with E-state index in [1.807, 2.05) is 12.1 Å². The Kier molecular flexibility index (Phi) is 3.88. The number of halogens is 1. The van der Waals surface area contributed by atoms with Crippen LogP contribution in [0.1, 0.15) is 12.8 Å². The first-order valence-electron chi connectivity index (χ1n) is 5.64. The third-order valence-corrected chi connectivity index (χ3v) is 3.47. The molecule has 1 atom stereocenters. The minimum Gasteiger partial charge on any atom is -0.481 e. The van der Waals surface area contributed by atoms with Gasteiger partial charge in [-0.1, -0.05) is 0 Å². The van der Waals surface area contributed by atoms with Crippen LogP contribution in [-0.4, -0.2) is 31.1 Å². The third kappa shape index (κ3) is 2.59. The molecule has 2 rings (SSSR count). The lowest BCUT2D eigenvalue weighted by Crippen LogP contribution is -2.36. The van der Waals surface area contributed by atoms with Crippen LogP contribution in [0.2, 0.25) is 0 Å². The number of piperidine rings is 1. The minimum atomic E-state index is 0.606. The molecule has 0 radical (unpaired) electrons. The average Bonchev–Trinajstić information content (AvgIpc) is 2.39. The van der Waals surface area contributed by atoms with Crippen molar-refractivity contribution in [2.24, 2.45) is 5.92 Å². The van der Waals surface area contributed by atoms with E-state index >= 15 is 0 Å². The second-order valence-corrected chi connectivity index (χ2v) is 4.47. The van der Waals surface area contributed by atoms with Crippen LogP contribution in [0, 0.1) is 5.92 Å². The molecule has 1 unspecified atom stereocenters. The molecular formula is C12H17ClN2O. The topological polar surface area (TPSA) is 25.4 Å². The van der Waals surface area contributed by atoms with E-state index in [1.54, 1.807) is 13.3 Å². The molecule has 0 N–H and O–H groups in total. The number of methoxy groups -OCH3 is 1. The van der Waals surface area contributed by atoms with Gasteiger partial charge in [0, 0.05) is 36.9 Å². The molecule has 0 amide bonds. The fourth-order valence-electron chi connectivity index (χ4n) is 2.13. The molecule has 1 aromatic rings. The summed E-state index contributed by atoms with van der Waals surface area (Å²) in [6, 6.07) is 4.01. The van der Waals surface area contributed by atoms with Gasteiger partial charge in [0.2, 0.25) is 5.88 Å². The van der Waals surface area contributed by atoms with E-state index in [0.29, 0.717) is 11.8 Å². The van der Waals surface area contributed by atoms with Crippen molar-refractivity contribution in [3.8, 4) is 5.88 Å². The number of aromatic nitrogens is 1. The van der Waals surface area contributed by atoms with Gasteiger partial charge in [0.05, 0.1) is 7.11 Å². The summed E-state index contributed by atoms with van der Waals surface area (Å²) in [4.78, 5) is 6.48. The Balaban J connectivity index is 2.10. The quantitative estimate of drug-likeness (QED) is 0.760. The second kappa shape index (κ2) is 5.39. The second-order valence-electron chi connectivity index (χ2n) is 4.16. The van der Waals surface area contributed by atoms with Crippen molar-refractivity contribution >= 4 is 17.3 Å². The maximum atomic E-state index is 5.93. The van der Waals surface area contributed by atoms with Crippen LogP contribution in [0.25, 0.3) is 0 Å². The molecule has 4 heteroatoms. The van der Waals surface area contributed by atoms with Crippen LogP contribution >= 0.6 is 11.6 Å². The van der Waals surface area contributed by atoms with Gasteiger partial charge in [-0.05, 0) is 24.8 Å². The SMILES string of the molecule is COc1cc(N2CCCC(CCl)C2)ccn1. The zero-order valence-electron chi connectivity index (χ0n) is 9.53. The summed E-state index contributed by atoms with van der Waals surface area (Å²) in [7, 11) is 1.64. The molecule has 0 saturated carbocycles. The summed E-state index contributed by atoms with van der Waals surface area (Å²) in [5.74, 6) is 2.03. The summed E-state index contributed by atoms with van der Waals surface area (Å²) in [6.07, 6.45) is 4.24. The number of alkyl halides is 1. The molecule has 1 saturated heterocycles. The summed E-state index contributed by atoms with van der Waals surface area (Å²) in [5.41, 5.74) is 1.18. The molecule has 1 aliphatic heterocycles. The Morgan fingerprint density at radius 2 is 2.50 bits per heavy atom. The van der Waals surface area contributed by atoms with Crippen molar-refractivity contribution in [3.63, 3.8) is 0 Å². The van der Waals surface area contributed by atoms with Crippen LogP contribution in [0.5, 0.6) is 5.88 Å². The molecule has 0 aliphatic carbocycles. The highest BCUT2D eigenvalue weighted by Gasteiger charge is 2.19. The van der Waals surface area contributed by atoms with Crippen molar-refractivity contribution in [1.29, 1.82) is 0 Å². The zero-order chi connectivity index (χ0) is 11.4. The van der Waals surface area contributed by atoms with Crippen LogP contribution in [0.3, 0.4) is 0 Å². The highest BCUT2D eigenvalue weighted by Crippen LogP contribution is 2.25. The number of rotatable bonds is 3. The van der Waals surface area contributed by atoms with Crippen molar-refractivity contribution in [3.05, 3.63) is 18.3 Å². The van der Waals surface area contributed by atoms with E-state index < -0.39 is 0 Å². The van der Waals surface area contributed by atoms with Gasteiger partial charge in [-0.15, -0.1) is 11.6 Å². The lowest BCUT2D eigenvalue weighted by molar-refractivity contribution is 0.397. The van der Waals surface area contributed by atoms with Crippen LogP contribution in [0.15, 0.2) is 18.3 Å². The largest absolute Gasteiger partial charge is 0.481 e. The summed E-state index contributed by atoms with van der Waals surface area (Å²) >= 11 is 5.93. The van der Waals surface area contributed by atoms with Crippen molar-refractivity contribution in [2.45, 2.75) is 12.8 Å². The van der Waals surface area contributed by atoms with Gasteiger partial charge in [-0.25, -0.2) is 4.98 Å². The van der Waals surface area contributed by atoms with Gasteiger partial charge in [0.1, 0.15) is 0 Å². The average molecular weight is 241 g/mol. The maximum Gasteiger partial charge on any atom is 0.214 e. The third-order valence-electron chi connectivity index (χ3n) is 3.03. The Morgan fingerprint density at radius 3 is 3.25 bits per heavy atom. The Labute approximate surface area is 101 Å². The van der Waals surface area contributed by atoms with Gasteiger partial charge >= 0.3 is 0 Å². The molecular weight excluding hydrogens is 224 g/mol. The minimum absolute atomic E-state index is 0.606. The Bertz CT molecular complexity index is 346. The van der Waals surface area contributed by atoms with Gasteiger partial charge in [-0.2, -0.15) is 0 Å². The fraction of sp³-hybridized carbons (Fsp3) is 0.583. The molecule has 2 heterocycles. The molecule has 1 fully saturated rings. The van der Waals surface area contributed by atoms with E-state index in [0.717, 1.165) is 19.0 Å². The Morgan fingerprint density at radius 1 is 1.62 bits per heavy atom. The number of ether oxygens (including phenoxy) is 1. The van der Waals surface area contributed by atoms with Crippen LogP contribution < -0.4 is 9.64 Å². The van der Waals surface area contributed by atoms with Crippen LogP contribution in [-0.2, 0) is 0 Å². The number of hydrogen-bond donors (Lipinski definition) is 0. The Hall–Kier alpha value is -0.960. The van der Waals surface area contributed by atoms with E-state index in [2.05, 4.69) is 9.88 Å². The standard InChI is InChI=1S/C12H17ClN2O/c1-16-12-7-11(4-5-14-12)15-6-2-3-10(8-13)9-15/h4-5,7,10H,2-3,6,8-9H2,1H3. The number of anilines is 1. The molecule has 16 heavy (non-hydrogen) atoms. The number of nitrogens with zero attached hydrogens (tertiary/aromatic N) is 2. The highest BCUT2D eigenvalue weighted by molar-refractivity contribution is 6.18. The molecule has 88 valence electrons.